The van der Waals surface area contributed by atoms with E-state index in [1.165, 1.54) is 0 Å². The first-order valence-corrected chi connectivity index (χ1v) is 18.9. The highest BCUT2D eigenvalue weighted by Crippen LogP contribution is 2.42. The van der Waals surface area contributed by atoms with Crippen LogP contribution in [0, 0.1) is 23.7 Å². The molecule has 1 aliphatic heterocycles. The zero-order valence-corrected chi connectivity index (χ0v) is 30.9. The molecule has 0 spiro atoms. The van der Waals surface area contributed by atoms with Gasteiger partial charge in [-0.3, -0.25) is 24.0 Å². The first kappa shape index (κ1) is 40.5. The fourth-order valence-electron chi connectivity index (χ4n) is 7.45. The van der Waals surface area contributed by atoms with Crippen molar-refractivity contribution in [1.29, 1.82) is 0 Å². The lowest BCUT2D eigenvalue weighted by atomic mass is 9.99. The number of nitrogens with one attached hydrogen (secondary N) is 3. The van der Waals surface area contributed by atoms with E-state index in [9.17, 15) is 24.0 Å². The van der Waals surface area contributed by atoms with Gasteiger partial charge in [0.15, 0.2) is 0 Å². The summed E-state index contributed by atoms with van der Waals surface area (Å²) in [5, 5.41) is 8.73. The van der Waals surface area contributed by atoms with Crippen LogP contribution < -0.4 is 27.4 Å². The van der Waals surface area contributed by atoms with Gasteiger partial charge in [-0.15, -0.1) is 0 Å². The zero-order chi connectivity index (χ0) is 37.6. The Kier molecular flexibility index (Phi) is 15.6. The maximum atomic E-state index is 14.0. The highest BCUT2D eigenvalue weighted by molar-refractivity contribution is 5.95. The standard InChI is InChI=1S/C40H58N6O6/c1-4-52-40(51)29-22-30-24-46(25-31(30)23-29)39(50)33(17-11-12-18-41)43-37(48)34(19-26(2)3)45-38(49)35(21-28-15-9-6-10-16-28)44-36(47)32(42)20-27-13-7-5-8-14-27/h5-10,13-16,26,29-35H,4,11-12,17-25,41-42H2,1-3H3,(H,43,48)(H,44,47)(H,45,49). The number of nitrogens with zero attached hydrogens (tertiary/aromatic N) is 1. The van der Waals surface area contributed by atoms with Crippen molar-refractivity contribution in [2.75, 3.05) is 26.2 Å². The van der Waals surface area contributed by atoms with Crippen LogP contribution in [0.3, 0.4) is 0 Å². The fraction of sp³-hybridized carbons (Fsp3) is 0.575. The molecular weight excluding hydrogens is 660 g/mol. The maximum absolute atomic E-state index is 14.0. The molecule has 6 atom stereocenters. The number of carbonyl (C=O) groups excluding carboxylic acids is 5. The highest BCUT2D eigenvalue weighted by atomic mass is 16.5. The molecule has 6 unspecified atom stereocenters. The Morgan fingerprint density at radius 3 is 1.87 bits per heavy atom. The van der Waals surface area contributed by atoms with Gasteiger partial charge in [-0.2, -0.15) is 0 Å². The van der Waals surface area contributed by atoms with E-state index in [-0.39, 0.29) is 42.0 Å². The zero-order valence-electron chi connectivity index (χ0n) is 30.9. The van der Waals surface area contributed by atoms with E-state index < -0.39 is 41.9 Å². The molecule has 0 radical (unpaired) electrons. The molecule has 0 bridgehead atoms. The third-order valence-electron chi connectivity index (χ3n) is 10.1. The number of unbranched alkanes of at least 4 members (excludes halogenated alkanes) is 1. The van der Waals surface area contributed by atoms with Crippen LogP contribution in [0.5, 0.6) is 0 Å². The van der Waals surface area contributed by atoms with E-state index in [2.05, 4.69) is 16.0 Å². The lowest BCUT2D eigenvalue weighted by Crippen LogP contribution is -2.58. The summed E-state index contributed by atoms with van der Waals surface area (Å²) in [6, 6.07) is 15.1. The van der Waals surface area contributed by atoms with Crippen molar-refractivity contribution < 1.29 is 28.7 Å². The van der Waals surface area contributed by atoms with Crippen LogP contribution in [-0.2, 0) is 41.6 Å². The van der Waals surface area contributed by atoms with Crippen LogP contribution in [0.25, 0.3) is 0 Å². The minimum atomic E-state index is -0.997. The van der Waals surface area contributed by atoms with Gasteiger partial charge in [0.1, 0.15) is 18.1 Å². The Labute approximate surface area is 308 Å². The number of benzene rings is 2. The molecule has 4 rings (SSSR count). The van der Waals surface area contributed by atoms with Crippen molar-refractivity contribution in [2.24, 2.45) is 35.1 Å². The first-order valence-electron chi connectivity index (χ1n) is 18.9. The molecule has 12 nitrogen and oxygen atoms in total. The molecule has 4 amide bonds. The summed E-state index contributed by atoms with van der Waals surface area (Å²) < 4.78 is 5.24. The monoisotopic (exact) mass is 718 g/mol. The Bertz CT molecular complexity index is 1460. The molecule has 7 N–H and O–H groups in total. The number of hydrogen-bond donors (Lipinski definition) is 5. The smallest absolute Gasteiger partial charge is 0.308 e. The normalized spacial score (nSPS) is 20.3. The van der Waals surface area contributed by atoms with Crippen molar-refractivity contribution in [3.05, 3.63) is 71.8 Å². The molecule has 0 aromatic heterocycles. The van der Waals surface area contributed by atoms with Crippen LogP contribution in [-0.4, -0.2) is 84.9 Å². The topological polar surface area (TPSA) is 186 Å². The predicted molar refractivity (Wildman–Crippen MR) is 199 cm³/mol. The summed E-state index contributed by atoms with van der Waals surface area (Å²) in [6.07, 6.45) is 3.96. The molecule has 1 heterocycles. The number of hydrogen-bond acceptors (Lipinski definition) is 8. The van der Waals surface area contributed by atoms with Gasteiger partial charge >= 0.3 is 5.97 Å². The molecule has 284 valence electrons. The van der Waals surface area contributed by atoms with Gasteiger partial charge in [-0.1, -0.05) is 74.5 Å². The molecule has 2 aromatic carbocycles. The average Bonchev–Trinajstić information content (AvgIpc) is 3.71. The number of amides is 4. The third-order valence-corrected chi connectivity index (χ3v) is 10.1. The summed E-state index contributed by atoms with van der Waals surface area (Å²) >= 11 is 0. The molecular formula is C40H58N6O6. The summed E-state index contributed by atoms with van der Waals surface area (Å²) in [4.78, 5) is 69.4. The molecule has 12 heteroatoms. The third kappa shape index (κ3) is 11.9. The van der Waals surface area contributed by atoms with E-state index in [1.54, 1.807) is 6.92 Å². The second-order valence-electron chi connectivity index (χ2n) is 14.8. The largest absolute Gasteiger partial charge is 0.466 e. The Morgan fingerprint density at radius 2 is 1.31 bits per heavy atom. The number of fused-ring (bicyclic) bond motifs is 1. The molecule has 52 heavy (non-hydrogen) atoms. The summed E-state index contributed by atoms with van der Waals surface area (Å²) in [5.41, 5.74) is 13.8. The number of esters is 1. The van der Waals surface area contributed by atoms with Gasteiger partial charge in [0.25, 0.3) is 0 Å². The van der Waals surface area contributed by atoms with E-state index in [0.29, 0.717) is 71.2 Å². The molecule has 2 fully saturated rings. The van der Waals surface area contributed by atoms with Crippen LogP contribution in [0.4, 0.5) is 0 Å². The highest BCUT2D eigenvalue weighted by Gasteiger charge is 2.46. The second-order valence-corrected chi connectivity index (χ2v) is 14.8. The Balaban J connectivity index is 1.45. The SMILES string of the molecule is CCOC(=O)C1CC2CN(C(=O)C(CCCCN)NC(=O)C(CC(C)C)NC(=O)C(Cc3ccccc3)NC(=O)C(N)Cc3ccccc3)CC2C1. The van der Waals surface area contributed by atoms with Crippen molar-refractivity contribution in [3.8, 4) is 0 Å². The van der Waals surface area contributed by atoms with E-state index >= 15 is 0 Å². The van der Waals surface area contributed by atoms with E-state index in [0.717, 1.165) is 11.1 Å². The molecule has 2 aliphatic rings. The molecule has 1 saturated carbocycles. The lowest BCUT2D eigenvalue weighted by molar-refractivity contribution is -0.148. The van der Waals surface area contributed by atoms with Crippen LogP contribution in [0.2, 0.25) is 0 Å². The minimum Gasteiger partial charge on any atom is -0.466 e. The van der Waals surface area contributed by atoms with Gasteiger partial charge in [-0.25, -0.2) is 0 Å². The van der Waals surface area contributed by atoms with Gasteiger partial charge in [0, 0.05) is 19.5 Å². The molecule has 1 saturated heterocycles. The van der Waals surface area contributed by atoms with Crippen LogP contribution in [0.15, 0.2) is 60.7 Å². The van der Waals surface area contributed by atoms with E-state index in [1.807, 2.05) is 79.4 Å². The predicted octanol–water partition coefficient (Wildman–Crippen LogP) is 2.48. The summed E-state index contributed by atoms with van der Waals surface area (Å²) in [7, 11) is 0. The molecule has 2 aromatic rings. The Hall–Kier alpha value is -4.29. The van der Waals surface area contributed by atoms with Gasteiger partial charge in [0.05, 0.1) is 18.6 Å². The average molecular weight is 719 g/mol. The second kappa shape index (κ2) is 20.1. The molecule has 1 aliphatic carbocycles. The minimum absolute atomic E-state index is 0.0363. The Morgan fingerprint density at radius 1 is 0.769 bits per heavy atom. The lowest BCUT2D eigenvalue weighted by Gasteiger charge is -2.29. The van der Waals surface area contributed by atoms with Gasteiger partial charge in [0.2, 0.25) is 23.6 Å². The number of nitrogens with two attached hydrogens (primary N) is 2. The number of carbonyl (C=O) groups is 5. The van der Waals surface area contributed by atoms with E-state index in [4.69, 9.17) is 16.2 Å². The fourth-order valence-corrected chi connectivity index (χ4v) is 7.45. The van der Waals surface area contributed by atoms with Crippen molar-refractivity contribution in [1.82, 2.24) is 20.9 Å². The van der Waals surface area contributed by atoms with Crippen molar-refractivity contribution in [3.63, 3.8) is 0 Å². The summed E-state index contributed by atoms with van der Waals surface area (Å²) in [5.74, 6) is -1.45. The number of likely N-dealkylation sites (tertiary alicyclic amines) is 1. The van der Waals surface area contributed by atoms with Gasteiger partial charge in [-0.05, 0) is 87.3 Å². The van der Waals surface area contributed by atoms with Crippen molar-refractivity contribution in [2.45, 2.75) is 96.3 Å². The van der Waals surface area contributed by atoms with Crippen LogP contribution in [0.1, 0.15) is 70.4 Å². The van der Waals surface area contributed by atoms with Crippen LogP contribution >= 0.6 is 0 Å². The first-order chi connectivity index (χ1) is 25.0. The quantitative estimate of drug-likeness (QED) is 0.108. The van der Waals surface area contributed by atoms with Gasteiger partial charge < -0.3 is 37.1 Å². The number of ether oxygens (including phenoxy) is 1. The number of rotatable bonds is 19. The van der Waals surface area contributed by atoms with Crippen molar-refractivity contribution >= 4 is 29.6 Å². The maximum Gasteiger partial charge on any atom is 0.308 e. The summed E-state index contributed by atoms with van der Waals surface area (Å²) in [6.45, 7) is 7.58.